The molecular weight excluding hydrogens is 440 g/mol. The molecule has 4 heterocycles. The zero-order chi connectivity index (χ0) is 22.9. The smallest absolute Gasteiger partial charge is 0.353 e. The van der Waals surface area contributed by atoms with Crippen LogP contribution in [0.3, 0.4) is 0 Å². The van der Waals surface area contributed by atoms with Gasteiger partial charge in [0.05, 0.1) is 12.1 Å². The first kappa shape index (κ1) is 22.9. The van der Waals surface area contributed by atoms with Crippen LogP contribution >= 0.6 is 23.5 Å². The Kier molecular flexibility index (Phi) is 5.65. The van der Waals surface area contributed by atoms with Gasteiger partial charge in [0.2, 0.25) is 5.91 Å². The summed E-state index contributed by atoms with van der Waals surface area (Å²) in [5.74, 6) is 5.14. The Morgan fingerprint density at radius 1 is 1.45 bits per heavy atom. The van der Waals surface area contributed by atoms with Crippen LogP contribution in [0.1, 0.15) is 34.1 Å². The zero-order valence-corrected chi connectivity index (χ0v) is 19.8. The topological polar surface area (TPSA) is 136 Å². The maximum absolute atomic E-state index is 12.9. The van der Waals surface area contributed by atoms with Crippen LogP contribution in [-0.2, 0) is 14.4 Å². The summed E-state index contributed by atoms with van der Waals surface area (Å²) in [7, 11) is 0. The van der Waals surface area contributed by atoms with Crippen molar-refractivity contribution in [3.8, 4) is 0 Å². The summed E-state index contributed by atoms with van der Waals surface area (Å²) in [5, 5.41) is 24.7. The molecule has 3 fully saturated rings. The van der Waals surface area contributed by atoms with E-state index in [2.05, 4.69) is 5.32 Å². The highest BCUT2D eigenvalue weighted by atomic mass is 32.2. The fraction of sp³-hybridized carbons (Fsp3) is 0.750. The lowest BCUT2D eigenvalue weighted by molar-refractivity contribution is -0.162. The summed E-state index contributed by atoms with van der Waals surface area (Å²) in [4.78, 5) is 39.8. The van der Waals surface area contributed by atoms with Crippen LogP contribution in [0.4, 0.5) is 0 Å². The Morgan fingerprint density at radius 2 is 2.13 bits per heavy atom. The normalized spacial score (nSPS) is 37.8. The van der Waals surface area contributed by atoms with E-state index in [4.69, 9.17) is 5.84 Å². The van der Waals surface area contributed by atoms with E-state index in [0.717, 1.165) is 5.75 Å². The first-order valence-corrected chi connectivity index (χ1v) is 12.5. The average Bonchev–Trinajstić information content (AvgIpc) is 3.38. The number of β-lactam (4-membered cyclic amide) rings is 1. The Hall–Kier alpha value is -1.27. The minimum atomic E-state index is -1.11. The molecule has 0 aromatic heterocycles. The van der Waals surface area contributed by atoms with Crippen molar-refractivity contribution in [3.63, 3.8) is 0 Å². The lowest BCUT2D eigenvalue weighted by Gasteiger charge is -2.56. The molecule has 2 amide bonds. The third-order valence-corrected chi connectivity index (χ3v) is 10.6. The largest absolute Gasteiger partial charge is 0.477 e. The predicted molar refractivity (Wildman–Crippen MR) is 119 cm³/mol. The van der Waals surface area contributed by atoms with Crippen LogP contribution in [0.25, 0.3) is 0 Å². The van der Waals surface area contributed by atoms with Gasteiger partial charge in [-0.05, 0) is 38.5 Å². The number of nitrogens with two attached hydrogens (primary N) is 1. The second kappa shape index (κ2) is 7.65. The second-order valence-electron chi connectivity index (χ2n) is 8.86. The molecule has 172 valence electrons. The molecule has 11 heteroatoms. The first-order valence-electron chi connectivity index (χ1n) is 10.7. The standard InChI is InChI=1S/C20H30N4O5S2/c1-5-23(21)15(26)13(30-6-2)11-7-10(8-22-11)19(4)14-12(16(27)28)24-17(19)20(31-14,9(3)25)18(24)29/h9-11,13,17,22,25H,5-8,21H2,1-4H3,(H,27,28)/t9?,10-,11+,13?,17+,19?,20+/m1/s1. The number of nitrogens with zero attached hydrogens (tertiary/aromatic N) is 2. The molecule has 0 spiro atoms. The van der Waals surface area contributed by atoms with E-state index in [1.165, 1.54) is 21.7 Å². The fourth-order valence-corrected chi connectivity index (χ4v) is 8.83. The molecule has 4 aliphatic rings. The van der Waals surface area contributed by atoms with Gasteiger partial charge in [0.1, 0.15) is 15.7 Å². The van der Waals surface area contributed by atoms with Gasteiger partial charge in [0.15, 0.2) is 0 Å². The van der Waals surface area contributed by atoms with Crippen LogP contribution in [-0.4, -0.2) is 84.9 Å². The number of aliphatic hydroxyl groups excluding tert-OH is 1. The van der Waals surface area contributed by atoms with Crippen molar-refractivity contribution in [3.05, 3.63) is 10.6 Å². The van der Waals surface area contributed by atoms with E-state index >= 15 is 0 Å². The van der Waals surface area contributed by atoms with Gasteiger partial charge >= 0.3 is 5.97 Å². The third kappa shape index (κ3) is 2.79. The number of hydrogen-bond donors (Lipinski definition) is 4. The number of hydrazine groups is 1. The zero-order valence-electron chi connectivity index (χ0n) is 18.1. The first-order chi connectivity index (χ1) is 14.6. The minimum Gasteiger partial charge on any atom is -0.477 e. The Bertz CT molecular complexity index is 867. The van der Waals surface area contributed by atoms with Crippen LogP contribution < -0.4 is 11.2 Å². The number of fused-ring (bicyclic) bond motifs is 1. The molecule has 4 rings (SSSR count). The molecule has 9 nitrogen and oxygen atoms in total. The lowest BCUT2D eigenvalue weighted by atomic mass is 9.63. The van der Waals surface area contributed by atoms with Crippen molar-refractivity contribution in [2.24, 2.45) is 17.2 Å². The van der Waals surface area contributed by atoms with E-state index in [0.29, 0.717) is 24.4 Å². The number of nitrogens with one attached hydrogen (secondary N) is 1. The number of thioether (sulfide) groups is 2. The van der Waals surface area contributed by atoms with Gasteiger partial charge < -0.3 is 15.5 Å². The molecule has 31 heavy (non-hydrogen) atoms. The molecule has 3 unspecified atom stereocenters. The van der Waals surface area contributed by atoms with Crippen molar-refractivity contribution in [1.29, 1.82) is 0 Å². The van der Waals surface area contributed by atoms with Crippen molar-refractivity contribution < 1.29 is 24.6 Å². The van der Waals surface area contributed by atoms with Gasteiger partial charge in [-0.25, -0.2) is 10.6 Å². The average molecular weight is 471 g/mol. The monoisotopic (exact) mass is 470 g/mol. The summed E-state index contributed by atoms with van der Waals surface area (Å²) in [6.45, 7) is 8.49. The molecule has 3 saturated heterocycles. The molecule has 7 atom stereocenters. The maximum Gasteiger partial charge on any atom is 0.353 e. The molecule has 0 aromatic rings. The number of aliphatic carboxylic acids is 1. The minimum absolute atomic E-state index is 0.0266. The molecular formula is C20H30N4O5S2. The number of amides is 2. The summed E-state index contributed by atoms with van der Waals surface area (Å²) < 4.78 is -1.01. The molecule has 4 aliphatic heterocycles. The van der Waals surface area contributed by atoms with Crippen LogP contribution in [0, 0.1) is 11.3 Å². The summed E-state index contributed by atoms with van der Waals surface area (Å²) >= 11 is 2.80. The predicted octanol–water partition coefficient (Wildman–Crippen LogP) is 0.202. The van der Waals surface area contributed by atoms with E-state index in [1.54, 1.807) is 18.7 Å². The fourth-order valence-electron chi connectivity index (χ4n) is 5.82. The second-order valence-corrected chi connectivity index (χ2v) is 11.6. The highest BCUT2D eigenvalue weighted by Crippen LogP contribution is 2.74. The van der Waals surface area contributed by atoms with Gasteiger partial charge in [-0.3, -0.25) is 19.5 Å². The number of hydrogen-bond acceptors (Lipinski definition) is 8. The number of aliphatic hydroxyl groups is 1. The van der Waals surface area contributed by atoms with Crippen molar-refractivity contribution in [1.82, 2.24) is 15.2 Å². The molecule has 2 bridgehead atoms. The number of carbonyl (C=O) groups is 3. The molecule has 0 radical (unpaired) electrons. The summed E-state index contributed by atoms with van der Waals surface area (Å²) in [5.41, 5.74) is -0.522. The Balaban J connectivity index is 1.64. The summed E-state index contributed by atoms with van der Waals surface area (Å²) in [6.07, 6.45) is -0.216. The van der Waals surface area contributed by atoms with E-state index in [9.17, 15) is 24.6 Å². The van der Waals surface area contributed by atoms with Gasteiger partial charge in [0.25, 0.3) is 5.91 Å². The molecule has 5 N–H and O–H groups in total. The lowest BCUT2D eigenvalue weighted by Crippen LogP contribution is -2.76. The van der Waals surface area contributed by atoms with E-state index in [1.807, 2.05) is 20.8 Å². The molecule has 0 aliphatic carbocycles. The van der Waals surface area contributed by atoms with E-state index < -0.39 is 28.3 Å². The van der Waals surface area contributed by atoms with Gasteiger partial charge in [0, 0.05) is 22.9 Å². The number of carboxylic acids is 1. The summed E-state index contributed by atoms with van der Waals surface area (Å²) in [6, 6.07) is -0.487. The van der Waals surface area contributed by atoms with Gasteiger partial charge in [-0.2, -0.15) is 0 Å². The quantitative estimate of drug-likeness (QED) is 0.170. The SMILES string of the molecule is CCSC(C(=O)N(N)CC)[C@@H]1C[C@@H](C2(C)C3=C(C(=O)O)N4C(=O)[C@@](C(C)O)(S3)[C@@H]42)CN1. The molecule has 0 aromatic carbocycles. The Morgan fingerprint density at radius 3 is 2.68 bits per heavy atom. The highest BCUT2D eigenvalue weighted by molar-refractivity contribution is 8.06. The van der Waals surface area contributed by atoms with Crippen LogP contribution in [0.5, 0.6) is 0 Å². The van der Waals surface area contributed by atoms with E-state index in [-0.39, 0.29) is 34.7 Å². The highest BCUT2D eigenvalue weighted by Gasteiger charge is 2.82. The third-order valence-electron chi connectivity index (χ3n) is 7.42. The van der Waals surface area contributed by atoms with Gasteiger partial charge in [-0.15, -0.1) is 23.5 Å². The number of carboxylic acid groups (broad SMARTS) is 1. The van der Waals surface area contributed by atoms with Gasteiger partial charge in [-0.1, -0.05) is 13.8 Å². The maximum atomic E-state index is 12.9. The molecule has 0 saturated carbocycles. The number of rotatable bonds is 8. The number of carbonyl (C=O) groups excluding carboxylic acids is 2. The van der Waals surface area contributed by atoms with Crippen molar-refractivity contribution >= 4 is 41.3 Å². The van der Waals surface area contributed by atoms with Crippen LogP contribution in [0.2, 0.25) is 0 Å². The van der Waals surface area contributed by atoms with Crippen LogP contribution in [0.15, 0.2) is 10.6 Å². The van der Waals surface area contributed by atoms with Crippen molar-refractivity contribution in [2.45, 2.75) is 62.3 Å². The Labute approximate surface area is 190 Å². The van der Waals surface area contributed by atoms with Crippen molar-refractivity contribution in [2.75, 3.05) is 18.8 Å².